The van der Waals surface area contributed by atoms with Gasteiger partial charge in [-0.25, -0.2) is 9.97 Å². The van der Waals surface area contributed by atoms with Crippen molar-refractivity contribution in [2.24, 2.45) is 0 Å². The minimum Gasteiger partial charge on any atom is -0.438 e. The number of nitrogens with one attached hydrogen (secondary N) is 1. The average Bonchev–Trinajstić information content (AvgIpc) is 2.44. The highest BCUT2D eigenvalue weighted by Crippen LogP contribution is 2.32. The Kier molecular flexibility index (Phi) is 4.79. The van der Waals surface area contributed by atoms with Crippen LogP contribution in [0.25, 0.3) is 0 Å². The van der Waals surface area contributed by atoms with Crippen molar-refractivity contribution in [1.82, 2.24) is 9.97 Å². The summed E-state index contributed by atoms with van der Waals surface area (Å²) in [6.07, 6.45) is 1.48. The van der Waals surface area contributed by atoms with E-state index in [0.717, 1.165) is 28.3 Å². The van der Waals surface area contributed by atoms with E-state index in [1.807, 2.05) is 50.2 Å². The molecule has 106 valence electrons. The third kappa shape index (κ3) is 3.39. The molecule has 1 aromatic carbocycles. The number of anilines is 2. The molecule has 5 nitrogen and oxygen atoms in total. The zero-order valence-electron chi connectivity index (χ0n) is 11.7. The van der Waals surface area contributed by atoms with Crippen molar-refractivity contribution >= 4 is 27.4 Å². The van der Waals surface area contributed by atoms with E-state index in [2.05, 4.69) is 31.2 Å². The fourth-order valence-electron chi connectivity index (χ4n) is 1.65. The van der Waals surface area contributed by atoms with Gasteiger partial charge >= 0.3 is 0 Å². The van der Waals surface area contributed by atoms with Crippen LogP contribution in [0.2, 0.25) is 0 Å². The van der Waals surface area contributed by atoms with Gasteiger partial charge in [0.15, 0.2) is 0 Å². The Morgan fingerprint density at radius 2 is 2.10 bits per heavy atom. The number of ether oxygens (including phenoxy) is 1. The number of aromatic nitrogens is 2. The molecular weight excluding hydrogens is 320 g/mol. The first-order chi connectivity index (χ1) is 9.61. The van der Waals surface area contributed by atoms with Crippen LogP contribution < -0.4 is 15.0 Å². The van der Waals surface area contributed by atoms with Crippen molar-refractivity contribution < 1.29 is 4.74 Å². The molecule has 0 spiro atoms. The standard InChI is InChI=1S/C14H17BrN4O/c1-4-16-13-12(15)14(18-9-17-13)20-11-7-5-6-10(8-11)19(2)3/h5-9H,4H2,1-3H3,(H,16,17,18). The van der Waals surface area contributed by atoms with Crippen molar-refractivity contribution in [2.45, 2.75) is 6.92 Å². The van der Waals surface area contributed by atoms with Gasteiger partial charge in [-0.1, -0.05) is 6.07 Å². The third-order valence-electron chi connectivity index (χ3n) is 2.65. The van der Waals surface area contributed by atoms with Crippen LogP contribution in [0, 0.1) is 0 Å². The van der Waals surface area contributed by atoms with Crippen LogP contribution in [0.3, 0.4) is 0 Å². The van der Waals surface area contributed by atoms with Crippen molar-refractivity contribution in [3.05, 3.63) is 35.1 Å². The number of rotatable bonds is 5. The van der Waals surface area contributed by atoms with Crippen LogP contribution in [0.15, 0.2) is 35.1 Å². The topological polar surface area (TPSA) is 50.3 Å². The Hall–Kier alpha value is -1.82. The summed E-state index contributed by atoms with van der Waals surface area (Å²) >= 11 is 3.46. The zero-order chi connectivity index (χ0) is 14.5. The van der Waals surface area contributed by atoms with Crippen LogP contribution in [-0.2, 0) is 0 Å². The molecule has 2 aromatic rings. The summed E-state index contributed by atoms with van der Waals surface area (Å²) in [6, 6.07) is 7.83. The lowest BCUT2D eigenvalue weighted by atomic mass is 10.3. The highest BCUT2D eigenvalue weighted by molar-refractivity contribution is 9.10. The number of benzene rings is 1. The molecule has 20 heavy (non-hydrogen) atoms. The molecule has 0 aliphatic rings. The predicted octanol–water partition coefficient (Wildman–Crippen LogP) is 3.53. The van der Waals surface area contributed by atoms with Gasteiger partial charge in [-0.3, -0.25) is 0 Å². The van der Waals surface area contributed by atoms with Gasteiger partial charge in [-0.15, -0.1) is 0 Å². The first-order valence-electron chi connectivity index (χ1n) is 6.31. The number of hydrogen-bond acceptors (Lipinski definition) is 5. The second-order valence-corrected chi connectivity index (χ2v) is 5.16. The van der Waals surface area contributed by atoms with Gasteiger partial charge in [0.1, 0.15) is 22.4 Å². The monoisotopic (exact) mass is 336 g/mol. The third-order valence-corrected chi connectivity index (χ3v) is 3.37. The van der Waals surface area contributed by atoms with Crippen molar-refractivity contribution in [1.29, 1.82) is 0 Å². The Labute approximate surface area is 127 Å². The molecule has 0 aliphatic carbocycles. The van der Waals surface area contributed by atoms with E-state index in [4.69, 9.17) is 4.74 Å². The molecule has 1 N–H and O–H groups in total. The molecule has 0 aliphatic heterocycles. The van der Waals surface area contributed by atoms with Crippen LogP contribution in [0.5, 0.6) is 11.6 Å². The second-order valence-electron chi connectivity index (χ2n) is 4.37. The van der Waals surface area contributed by atoms with Crippen molar-refractivity contribution in [2.75, 3.05) is 30.9 Å². The molecule has 1 aromatic heterocycles. The minimum atomic E-state index is 0.492. The quantitative estimate of drug-likeness (QED) is 0.905. The van der Waals surface area contributed by atoms with Gasteiger partial charge in [0, 0.05) is 32.4 Å². The van der Waals surface area contributed by atoms with Crippen LogP contribution in [-0.4, -0.2) is 30.6 Å². The van der Waals surface area contributed by atoms with Gasteiger partial charge in [-0.05, 0) is 35.0 Å². The lowest BCUT2D eigenvalue weighted by Gasteiger charge is -2.14. The van der Waals surface area contributed by atoms with E-state index >= 15 is 0 Å². The molecular formula is C14H17BrN4O. The van der Waals surface area contributed by atoms with Crippen LogP contribution in [0.4, 0.5) is 11.5 Å². The largest absolute Gasteiger partial charge is 0.438 e. The summed E-state index contributed by atoms with van der Waals surface area (Å²) < 4.78 is 6.54. The molecule has 1 heterocycles. The summed E-state index contributed by atoms with van der Waals surface area (Å²) in [5.41, 5.74) is 1.07. The molecule has 2 rings (SSSR count). The Balaban J connectivity index is 2.26. The van der Waals surface area contributed by atoms with Crippen molar-refractivity contribution in [3.63, 3.8) is 0 Å². The van der Waals surface area contributed by atoms with E-state index < -0.39 is 0 Å². The SMILES string of the molecule is CCNc1ncnc(Oc2cccc(N(C)C)c2)c1Br. The summed E-state index contributed by atoms with van der Waals surface area (Å²) in [7, 11) is 3.98. The van der Waals surface area contributed by atoms with Gasteiger partial charge in [0.05, 0.1) is 0 Å². The Bertz CT molecular complexity index is 589. The maximum atomic E-state index is 5.82. The summed E-state index contributed by atoms with van der Waals surface area (Å²) in [4.78, 5) is 10.3. The number of hydrogen-bond donors (Lipinski definition) is 1. The summed E-state index contributed by atoms with van der Waals surface area (Å²) in [6.45, 7) is 2.79. The highest BCUT2D eigenvalue weighted by Gasteiger charge is 2.10. The van der Waals surface area contributed by atoms with Crippen LogP contribution in [0.1, 0.15) is 6.92 Å². The van der Waals surface area contributed by atoms with Gasteiger partial charge in [0.2, 0.25) is 5.88 Å². The summed E-state index contributed by atoms with van der Waals surface area (Å²) in [5, 5.41) is 3.15. The van der Waals surface area contributed by atoms with E-state index in [0.29, 0.717) is 5.88 Å². The lowest BCUT2D eigenvalue weighted by molar-refractivity contribution is 0.458. The smallest absolute Gasteiger partial charge is 0.238 e. The molecule has 0 saturated carbocycles. The van der Waals surface area contributed by atoms with Gasteiger partial charge < -0.3 is 15.0 Å². The Morgan fingerprint density at radius 3 is 2.80 bits per heavy atom. The number of nitrogens with zero attached hydrogens (tertiary/aromatic N) is 3. The minimum absolute atomic E-state index is 0.492. The molecule has 0 atom stereocenters. The van der Waals surface area contributed by atoms with E-state index in [-0.39, 0.29) is 0 Å². The lowest BCUT2D eigenvalue weighted by Crippen LogP contribution is -2.08. The zero-order valence-corrected chi connectivity index (χ0v) is 13.3. The molecule has 0 amide bonds. The van der Waals surface area contributed by atoms with Crippen molar-refractivity contribution in [3.8, 4) is 11.6 Å². The predicted molar refractivity (Wildman–Crippen MR) is 84.7 cm³/mol. The highest BCUT2D eigenvalue weighted by atomic mass is 79.9. The molecule has 0 unspecified atom stereocenters. The normalized spacial score (nSPS) is 10.2. The molecule has 0 radical (unpaired) electrons. The molecule has 6 heteroatoms. The average molecular weight is 337 g/mol. The number of halogens is 1. The van der Waals surface area contributed by atoms with E-state index in [1.54, 1.807) is 0 Å². The first kappa shape index (κ1) is 14.6. The molecule has 0 saturated heterocycles. The van der Waals surface area contributed by atoms with Gasteiger partial charge in [-0.2, -0.15) is 0 Å². The summed E-state index contributed by atoms with van der Waals surface area (Å²) in [5.74, 6) is 1.95. The maximum absolute atomic E-state index is 5.82. The molecule has 0 bridgehead atoms. The second kappa shape index (κ2) is 6.56. The fourth-order valence-corrected chi connectivity index (χ4v) is 2.08. The van der Waals surface area contributed by atoms with Gasteiger partial charge in [0.25, 0.3) is 0 Å². The maximum Gasteiger partial charge on any atom is 0.238 e. The molecule has 0 fully saturated rings. The van der Waals surface area contributed by atoms with E-state index in [9.17, 15) is 0 Å². The van der Waals surface area contributed by atoms with Crippen LogP contribution >= 0.6 is 15.9 Å². The Morgan fingerprint density at radius 1 is 1.30 bits per heavy atom. The van der Waals surface area contributed by atoms with E-state index in [1.165, 1.54) is 6.33 Å². The first-order valence-corrected chi connectivity index (χ1v) is 7.10. The fraction of sp³-hybridized carbons (Fsp3) is 0.286.